The van der Waals surface area contributed by atoms with E-state index in [-0.39, 0.29) is 9.92 Å². The summed E-state index contributed by atoms with van der Waals surface area (Å²) in [7, 11) is -3.79. The van der Waals surface area contributed by atoms with Crippen LogP contribution in [0.2, 0.25) is 10.0 Å². The molecular weight excluding hydrogens is 336 g/mol. The fraction of sp³-hybridized carbons (Fsp3) is 0.143. The van der Waals surface area contributed by atoms with Crippen molar-refractivity contribution in [3.05, 3.63) is 63.9 Å². The molecule has 21 heavy (non-hydrogen) atoms. The molecule has 1 atom stereocenters. The van der Waals surface area contributed by atoms with Gasteiger partial charge in [-0.1, -0.05) is 35.3 Å². The van der Waals surface area contributed by atoms with Crippen LogP contribution in [-0.4, -0.2) is 8.42 Å². The third kappa shape index (κ3) is 3.95. The van der Waals surface area contributed by atoms with Gasteiger partial charge in [-0.25, -0.2) is 17.5 Å². The monoisotopic (exact) mass is 347 g/mol. The highest BCUT2D eigenvalue weighted by Gasteiger charge is 2.19. The molecule has 2 rings (SSSR count). The minimum atomic E-state index is -3.79. The summed E-state index contributed by atoms with van der Waals surface area (Å²) in [5.74, 6) is -0.665. The summed E-state index contributed by atoms with van der Waals surface area (Å²) < 4.78 is 40.1. The minimum Gasteiger partial charge on any atom is -0.207 e. The van der Waals surface area contributed by atoms with Crippen molar-refractivity contribution in [3.63, 3.8) is 0 Å². The van der Waals surface area contributed by atoms with E-state index in [0.29, 0.717) is 5.02 Å². The molecule has 1 unspecified atom stereocenters. The maximum atomic E-state index is 13.1. The zero-order chi connectivity index (χ0) is 15.6. The van der Waals surface area contributed by atoms with Crippen molar-refractivity contribution < 1.29 is 12.8 Å². The number of hydrogen-bond donors (Lipinski definition) is 1. The normalized spacial score (nSPS) is 13.1. The molecule has 2 aromatic carbocycles. The van der Waals surface area contributed by atoms with Gasteiger partial charge < -0.3 is 0 Å². The first-order valence-corrected chi connectivity index (χ1v) is 8.26. The van der Waals surface area contributed by atoms with Gasteiger partial charge in [0.05, 0.1) is 9.92 Å². The van der Waals surface area contributed by atoms with E-state index < -0.39 is 21.9 Å². The Kier molecular flexibility index (Phi) is 4.88. The molecule has 112 valence electrons. The number of nitrogens with one attached hydrogen (secondary N) is 1. The highest BCUT2D eigenvalue weighted by molar-refractivity contribution is 7.89. The SMILES string of the molecule is CC(NS(=O)(=O)c1ccc(F)c(Cl)c1)c1ccc(Cl)cc1. The molecule has 0 aliphatic rings. The second-order valence-corrected chi connectivity index (χ2v) is 7.03. The van der Waals surface area contributed by atoms with E-state index >= 15 is 0 Å². The van der Waals surface area contributed by atoms with Crippen molar-refractivity contribution in [1.82, 2.24) is 4.72 Å². The van der Waals surface area contributed by atoms with Gasteiger partial charge in [0, 0.05) is 11.1 Å². The molecule has 7 heteroatoms. The van der Waals surface area contributed by atoms with Crippen molar-refractivity contribution >= 4 is 33.2 Å². The van der Waals surface area contributed by atoms with E-state index in [4.69, 9.17) is 23.2 Å². The van der Waals surface area contributed by atoms with E-state index in [1.807, 2.05) is 0 Å². The van der Waals surface area contributed by atoms with Gasteiger partial charge >= 0.3 is 0 Å². The molecule has 0 aromatic heterocycles. The van der Waals surface area contributed by atoms with Crippen LogP contribution in [0.4, 0.5) is 4.39 Å². The molecule has 0 saturated carbocycles. The van der Waals surface area contributed by atoms with Crippen molar-refractivity contribution in [2.45, 2.75) is 17.9 Å². The summed E-state index contributed by atoms with van der Waals surface area (Å²) in [4.78, 5) is -0.0882. The lowest BCUT2D eigenvalue weighted by Crippen LogP contribution is -2.26. The van der Waals surface area contributed by atoms with E-state index in [9.17, 15) is 12.8 Å². The molecule has 0 bridgehead atoms. The van der Waals surface area contributed by atoms with Gasteiger partial charge in [0.2, 0.25) is 10.0 Å². The van der Waals surface area contributed by atoms with E-state index in [1.165, 1.54) is 0 Å². The smallest absolute Gasteiger partial charge is 0.207 e. The molecule has 0 amide bonds. The third-order valence-electron chi connectivity index (χ3n) is 2.90. The standard InChI is InChI=1S/C14H12Cl2FNO2S/c1-9(10-2-4-11(15)5-3-10)18-21(19,20)12-6-7-14(17)13(16)8-12/h2-9,18H,1H3. The van der Waals surface area contributed by atoms with Crippen LogP contribution in [0.25, 0.3) is 0 Å². The summed E-state index contributed by atoms with van der Waals surface area (Å²) in [5.41, 5.74) is 0.760. The van der Waals surface area contributed by atoms with Crippen molar-refractivity contribution in [1.29, 1.82) is 0 Å². The quantitative estimate of drug-likeness (QED) is 0.901. The van der Waals surface area contributed by atoms with Crippen LogP contribution in [0.3, 0.4) is 0 Å². The van der Waals surface area contributed by atoms with Crippen molar-refractivity contribution in [2.24, 2.45) is 0 Å². The molecular formula is C14H12Cl2FNO2S. The number of sulfonamides is 1. The first-order valence-electron chi connectivity index (χ1n) is 6.02. The molecule has 0 saturated heterocycles. The van der Waals surface area contributed by atoms with Gasteiger partial charge in [-0.2, -0.15) is 0 Å². The summed E-state index contributed by atoms with van der Waals surface area (Å²) in [6.07, 6.45) is 0. The first kappa shape index (κ1) is 16.2. The second kappa shape index (κ2) is 6.32. The molecule has 0 heterocycles. The Morgan fingerprint density at radius 1 is 1.10 bits per heavy atom. The predicted molar refractivity (Wildman–Crippen MR) is 81.6 cm³/mol. The van der Waals surface area contributed by atoms with Crippen molar-refractivity contribution in [2.75, 3.05) is 0 Å². The zero-order valence-corrected chi connectivity index (χ0v) is 13.3. The lowest BCUT2D eigenvalue weighted by atomic mass is 10.1. The number of rotatable bonds is 4. The van der Waals surface area contributed by atoms with Gasteiger partial charge in [0.25, 0.3) is 0 Å². The Bertz CT molecular complexity index is 748. The highest BCUT2D eigenvalue weighted by Crippen LogP contribution is 2.22. The maximum Gasteiger partial charge on any atom is 0.241 e. The fourth-order valence-corrected chi connectivity index (χ4v) is 3.39. The van der Waals surface area contributed by atoms with Crippen molar-refractivity contribution in [3.8, 4) is 0 Å². The average molecular weight is 348 g/mol. The van der Waals surface area contributed by atoms with E-state index in [0.717, 1.165) is 23.8 Å². The topological polar surface area (TPSA) is 46.2 Å². The van der Waals surface area contributed by atoms with Crippen LogP contribution in [-0.2, 0) is 10.0 Å². The van der Waals surface area contributed by atoms with Crippen LogP contribution in [0.15, 0.2) is 47.4 Å². The Morgan fingerprint density at radius 2 is 1.71 bits per heavy atom. The third-order valence-corrected chi connectivity index (χ3v) is 4.98. The maximum absolute atomic E-state index is 13.1. The van der Waals surface area contributed by atoms with Crippen LogP contribution in [0.5, 0.6) is 0 Å². The van der Waals surface area contributed by atoms with Gasteiger partial charge in [0.15, 0.2) is 0 Å². The first-order chi connectivity index (χ1) is 9.79. The Labute approximate surface area is 132 Å². The molecule has 0 radical (unpaired) electrons. The van der Waals surface area contributed by atoms with Crippen LogP contribution < -0.4 is 4.72 Å². The van der Waals surface area contributed by atoms with E-state index in [1.54, 1.807) is 31.2 Å². The molecule has 0 fully saturated rings. The average Bonchev–Trinajstić information content (AvgIpc) is 2.42. The molecule has 0 spiro atoms. The Morgan fingerprint density at radius 3 is 2.29 bits per heavy atom. The Balaban J connectivity index is 2.24. The summed E-state index contributed by atoms with van der Waals surface area (Å²) in [5, 5.41) is 0.330. The lowest BCUT2D eigenvalue weighted by Gasteiger charge is -2.15. The largest absolute Gasteiger partial charge is 0.241 e. The second-order valence-electron chi connectivity index (χ2n) is 4.47. The van der Waals surface area contributed by atoms with Gasteiger partial charge in [-0.3, -0.25) is 0 Å². The van der Waals surface area contributed by atoms with Gasteiger partial charge in [-0.05, 0) is 42.8 Å². The lowest BCUT2D eigenvalue weighted by molar-refractivity contribution is 0.566. The minimum absolute atomic E-state index is 0.0882. The van der Waals surface area contributed by atoms with Gasteiger partial charge in [0.1, 0.15) is 5.82 Å². The molecule has 1 N–H and O–H groups in total. The summed E-state index contributed by atoms with van der Waals surface area (Å²) >= 11 is 11.4. The number of hydrogen-bond acceptors (Lipinski definition) is 2. The molecule has 0 aliphatic heterocycles. The van der Waals surface area contributed by atoms with Crippen LogP contribution >= 0.6 is 23.2 Å². The fourth-order valence-electron chi connectivity index (χ4n) is 1.76. The molecule has 3 nitrogen and oxygen atoms in total. The predicted octanol–water partition coefficient (Wildman–Crippen LogP) is 4.17. The Hall–Kier alpha value is -1.14. The summed E-state index contributed by atoms with van der Waals surface area (Å²) in [6.45, 7) is 1.70. The molecule has 2 aromatic rings. The van der Waals surface area contributed by atoms with Crippen LogP contribution in [0.1, 0.15) is 18.5 Å². The highest BCUT2D eigenvalue weighted by atomic mass is 35.5. The van der Waals surface area contributed by atoms with Gasteiger partial charge in [-0.15, -0.1) is 0 Å². The number of benzene rings is 2. The summed E-state index contributed by atoms with van der Waals surface area (Å²) in [6, 6.07) is 9.61. The molecule has 0 aliphatic carbocycles. The zero-order valence-electron chi connectivity index (χ0n) is 11.0. The number of halogens is 3. The van der Waals surface area contributed by atoms with Crippen LogP contribution in [0, 0.1) is 5.82 Å². The van der Waals surface area contributed by atoms with E-state index in [2.05, 4.69) is 4.72 Å².